The minimum absolute atomic E-state index is 0.121. The molecule has 2 saturated heterocycles. The van der Waals surface area contributed by atoms with Crippen LogP contribution < -0.4 is 15.1 Å². The highest BCUT2D eigenvalue weighted by molar-refractivity contribution is 7.80. The van der Waals surface area contributed by atoms with E-state index in [2.05, 4.69) is 100 Å². The summed E-state index contributed by atoms with van der Waals surface area (Å²) in [5.74, 6) is 0.770. The van der Waals surface area contributed by atoms with Gasteiger partial charge in [-0.05, 0) is 92.0 Å². The molecule has 194 valence electrons. The lowest BCUT2D eigenvalue weighted by molar-refractivity contribution is 0.438. The van der Waals surface area contributed by atoms with Crippen LogP contribution in [0.5, 0.6) is 0 Å². The lowest BCUT2D eigenvalue weighted by Crippen LogP contribution is -2.33. The fourth-order valence-corrected chi connectivity index (χ4v) is 6.41. The minimum Gasteiger partial charge on any atom is -0.370 e. The molecule has 6 rings (SSSR count). The standard InChI is InChI=1S/C31H32ClN5S/c1-21-14-18-35(19-15-21)27-13-12-23(20-24(27)32)37-30(29(34-31(37)38)25-9-5-6-16-33-25)28-11-7-17-36(28)26-10-4-3-8-22(26)2/h3-13,16-17,20-21,29-30H,14-15,18-19H2,1-2H3,(H,34,38)/t29-,30+/m1/s1. The summed E-state index contributed by atoms with van der Waals surface area (Å²) in [6.07, 6.45) is 6.36. The molecule has 0 radical (unpaired) electrons. The predicted molar refractivity (Wildman–Crippen MR) is 161 cm³/mol. The number of pyridine rings is 1. The first-order valence-electron chi connectivity index (χ1n) is 13.3. The molecule has 0 spiro atoms. The topological polar surface area (TPSA) is 36.3 Å². The quantitative estimate of drug-likeness (QED) is 0.269. The van der Waals surface area contributed by atoms with E-state index in [1.165, 1.54) is 18.4 Å². The van der Waals surface area contributed by atoms with Gasteiger partial charge in [0.2, 0.25) is 0 Å². The van der Waals surface area contributed by atoms with Gasteiger partial charge < -0.3 is 19.7 Å². The fourth-order valence-electron chi connectivity index (χ4n) is 5.77. The van der Waals surface area contributed by atoms with Crippen LogP contribution in [0.15, 0.2) is 85.2 Å². The molecule has 7 heteroatoms. The maximum Gasteiger partial charge on any atom is 0.174 e. The molecule has 2 aromatic carbocycles. The van der Waals surface area contributed by atoms with Gasteiger partial charge in [-0.25, -0.2) is 0 Å². The third kappa shape index (κ3) is 4.56. The van der Waals surface area contributed by atoms with Crippen LogP contribution in [0.25, 0.3) is 5.69 Å². The Morgan fingerprint density at radius 3 is 2.47 bits per heavy atom. The largest absolute Gasteiger partial charge is 0.370 e. The SMILES string of the molecule is Cc1ccccc1-n1cccc1[C@H]1[C@@H](c2ccccn2)NC(=S)N1c1ccc(N2CCC(C)CC2)c(Cl)c1. The zero-order chi connectivity index (χ0) is 26.2. The number of thiocarbonyl (C=S) groups is 1. The van der Waals surface area contributed by atoms with E-state index in [-0.39, 0.29) is 12.1 Å². The second-order valence-electron chi connectivity index (χ2n) is 10.4. The van der Waals surface area contributed by atoms with Gasteiger partial charge in [-0.2, -0.15) is 0 Å². The van der Waals surface area contributed by atoms with E-state index in [1.54, 1.807) is 0 Å². The summed E-state index contributed by atoms with van der Waals surface area (Å²) in [6, 6.07) is 24.9. The summed E-state index contributed by atoms with van der Waals surface area (Å²) in [5.41, 5.74) is 6.52. The van der Waals surface area contributed by atoms with E-state index in [0.717, 1.165) is 52.5 Å². The van der Waals surface area contributed by atoms with Gasteiger partial charge in [0.05, 0.1) is 22.4 Å². The molecule has 0 aliphatic carbocycles. The number of para-hydroxylation sites is 1. The number of aryl methyl sites for hydroxylation is 1. The molecule has 4 aromatic rings. The molecule has 2 fully saturated rings. The van der Waals surface area contributed by atoms with E-state index < -0.39 is 0 Å². The number of hydrogen-bond acceptors (Lipinski definition) is 3. The second-order valence-corrected chi connectivity index (χ2v) is 11.2. The molecular weight excluding hydrogens is 510 g/mol. The van der Waals surface area contributed by atoms with E-state index in [0.29, 0.717) is 5.11 Å². The number of halogens is 1. The van der Waals surface area contributed by atoms with Crippen molar-refractivity contribution >= 4 is 40.3 Å². The molecular formula is C31H32ClN5S. The van der Waals surface area contributed by atoms with Crippen LogP contribution in [0.4, 0.5) is 11.4 Å². The zero-order valence-corrected chi connectivity index (χ0v) is 23.3. The Morgan fingerprint density at radius 2 is 1.74 bits per heavy atom. The molecule has 2 atom stereocenters. The van der Waals surface area contributed by atoms with Gasteiger partial charge in [0.1, 0.15) is 6.04 Å². The maximum absolute atomic E-state index is 6.95. The number of piperidine rings is 1. The maximum atomic E-state index is 6.95. The normalized spacial score (nSPS) is 20.1. The first-order valence-corrected chi connectivity index (χ1v) is 14.1. The van der Waals surface area contributed by atoms with Crippen molar-refractivity contribution in [3.05, 3.63) is 107 Å². The third-order valence-electron chi connectivity index (χ3n) is 7.89. The number of benzene rings is 2. The van der Waals surface area contributed by atoms with Crippen molar-refractivity contribution in [1.29, 1.82) is 0 Å². The summed E-state index contributed by atoms with van der Waals surface area (Å²) < 4.78 is 2.27. The number of nitrogens with zero attached hydrogens (tertiary/aromatic N) is 4. The van der Waals surface area contributed by atoms with Crippen LogP contribution in [0.1, 0.15) is 48.8 Å². The van der Waals surface area contributed by atoms with Crippen molar-refractivity contribution in [3.63, 3.8) is 0 Å². The number of hydrogen-bond donors (Lipinski definition) is 1. The van der Waals surface area contributed by atoms with Gasteiger partial charge >= 0.3 is 0 Å². The Morgan fingerprint density at radius 1 is 0.947 bits per heavy atom. The molecule has 0 bridgehead atoms. The van der Waals surface area contributed by atoms with Gasteiger partial charge in [0, 0.05) is 42.6 Å². The predicted octanol–water partition coefficient (Wildman–Crippen LogP) is 7.25. The van der Waals surface area contributed by atoms with E-state index in [1.807, 2.05) is 18.3 Å². The first-order chi connectivity index (χ1) is 18.5. The Labute approximate surface area is 235 Å². The number of anilines is 2. The van der Waals surface area contributed by atoms with Gasteiger partial charge in [0.25, 0.3) is 0 Å². The van der Waals surface area contributed by atoms with Crippen molar-refractivity contribution in [2.75, 3.05) is 22.9 Å². The molecule has 38 heavy (non-hydrogen) atoms. The average Bonchev–Trinajstić information content (AvgIpc) is 3.54. The Bertz CT molecular complexity index is 1440. The molecule has 2 aliphatic heterocycles. The van der Waals surface area contributed by atoms with Gasteiger partial charge in [-0.3, -0.25) is 4.98 Å². The summed E-state index contributed by atoms with van der Waals surface area (Å²) in [7, 11) is 0. The summed E-state index contributed by atoms with van der Waals surface area (Å²) >= 11 is 12.9. The Kier molecular flexibility index (Phi) is 6.85. The van der Waals surface area contributed by atoms with Gasteiger partial charge in [0.15, 0.2) is 5.11 Å². The van der Waals surface area contributed by atoms with Crippen LogP contribution in [0, 0.1) is 12.8 Å². The number of nitrogens with one attached hydrogen (secondary N) is 1. The molecule has 1 N–H and O–H groups in total. The van der Waals surface area contributed by atoms with Crippen LogP contribution in [-0.4, -0.2) is 27.8 Å². The van der Waals surface area contributed by atoms with E-state index >= 15 is 0 Å². The number of rotatable bonds is 5. The molecule has 4 heterocycles. The monoisotopic (exact) mass is 541 g/mol. The lowest BCUT2D eigenvalue weighted by atomic mass is 9.98. The molecule has 5 nitrogen and oxygen atoms in total. The van der Waals surface area contributed by atoms with Crippen LogP contribution in [-0.2, 0) is 0 Å². The van der Waals surface area contributed by atoms with Crippen LogP contribution >= 0.6 is 23.8 Å². The Hall–Kier alpha value is -3.35. The van der Waals surface area contributed by atoms with Gasteiger partial charge in [-0.15, -0.1) is 0 Å². The molecule has 2 aromatic heterocycles. The molecule has 0 amide bonds. The van der Waals surface area contributed by atoms with E-state index in [9.17, 15) is 0 Å². The van der Waals surface area contributed by atoms with Crippen molar-refractivity contribution in [2.24, 2.45) is 5.92 Å². The van der Waals surface area contributed by atoms with Crippen LogP contribution in [0.3, 0.4) is 0 Å². The van der Waals surface area contributed by atoms with Crippen LogP contribution in [0.2, 0.25) is 5.02 Å². The van der Waals surface area contributed by atoms with Crippen molar-refractivity contribution in [3.8, 4) is 5.69 Å². The Balaban J connectivity index is 1.43. The zero-order valence-electron chi connectivity index (χ0n) is 21.7. The highest BCUT2D eigenvalue weighted by Crippen LogP contribution is 2.44. The highest BCUT2D eigenvalue weighted by Gasteiger charge is 2.42. The summed E-state index contributed by atoms with van der Waals surface area (Å²) in [5, 5.41) is 5.00. The molecule has 2 aliphatic rings. The fraction of sp³-hybridized carbons (Fsp3) is 0.290. The molecule has 0 saturated carbocycles. The second kappa shape index (κ2) is 10.4. The van der Waals surface area contributed by atoms with Gasteiger partial charge in [-0.1, -0.05) is 42.8 Å². The third-order valence-corrected chi connectivity index (χ3v) is 8.51. The van der Waals surface area contributed by atoms with Crippen molar-refractivity contribution in [1.82, 2.24) is 14.9 Å². The first kappa shape index (κ1) is 25.0. The lowest BCUT2D eigenvalue weighted by Gasteiger charge is -2.33. The van der Waals surface area contributed by atoms with Crippen molar-refractivity contribution in [2.45, 2.75) is 38.8 Å². The van der Waals surface area contributed by atoms with Crippen molar-refractivity contribution < 1.29 is 0 Å². The summed E-state index contributed by atoms with van der Waals surface area (Å²) in [6.45, 7) is 6.55. The van der Waals surface area contributed by atoms with E-state index in [4.69, 9.17) is 28.8 Å². The minimum atomic E-state index is -0.122. The molecule has 0 unspecified atom stereocenters. The average molecular weight is 542 g/mol. The number of aromatic nitrogens is 2. The highest BCUT2D eigenvalue weighted by atomic mass is 35.5. The smallest absolute Gasteiger partial charge is 0.174 e. The summed E-state index contributed by atoms with van der Waals surface area (Å²) in [4.78, 5) is 9.32.